The molecule has 1 amide bonds. The Kier molecular flexibility index (Phi) is 4.19. The van der Waals surface area contributed by atoms with Crippen molar-refractivity contribution in [3.63, 3.8) is 0 Å². The van der Waals surface area contributed by atoms with Gasteiger partial charge in [0.15, 0.2) is 9.84 Å². The second kappa shape index (κ2) is 5.54. The third kappa shape index (κ3) is 3.50. The van der Waals surface area contributed by atoms with Gasteiger partial charge in [0, 0.05) is 0 Å². The standard InChI is InChI=1S/C11H17N3O3S2/c1-7(2)10-9(18-14-13-10)5-12-11(15)8-3-4-19(16,17)6-8/h7-8H,3-6H2,1-2H3,(H,12,15)/t8-/m1/s1. The first-order valence-corrected chi connectivity index (χ1v) is 8.78. The normalized spacial score (nSPS) is 21.7. The van der Waals surface area contributed by atoms with Crippen LogP contribution in [0.15, 0.2) is 0 Å². The van der Waals surface area contributed by atoms with Gasteiger partial charge in [-0.1, -0.05) is 18.3 Å². The second-order valence-corrected chi connectivity index (χ2v) is 8.12. The van der Waals surface area contributed by atoms with Crippen molar-refractivity contribution in [1.82, 2.24) is 14.9 Å². The first-order chi connectivity index (χ1) is 8.89. The lowest BCUT2D eigenvalue weighted by molar-refractivity contribution is -0.124. The summed E-state index contributed by atoms with van der Waals surface area (Å²) in [5, 5.41) is 6.82. The van der Waals surface area contributed by atoms with Gasteiger partial charge in [-0.05, 0) is 23.9 Å². The molecule has 0 bridgehead atoms. The zero-order chi connectivity index (χ0) is 14.0. The van der Waals surface area contributed by atoms with E-state index in [1.165, 1.54) is 11.5 Å². The molecule has 6 nitrogen and oxygen atoms in total. The van der Waals surface area contributed by atoms with Gasteiger partial charge in [0.05, 0.1) is 34.5 Å². The number of rotatable bonds is 4. The zero-order valence-corrected chi connectivity index (χ0v) is 12.6. The molecule has 1 aliphatic rings. The number of amides is 1. The monoisotopic (exact) mass is 303 g/mol. The van der Waals surface area contributed by atoms with E-state index in [2.05, 4.69) is 14.9 Å². The van der Waals surface area contributed by atoms with Crippen LogP contribution in [-0.2, 0) is 21.2 Å². The Hall–Kier alpha value is -1.02. The van der Waals surface area contributed by atoms with Crippen molar-refractivity contribution in [2.75, 3.05) is 11.5 Å². The van der Waals surface area contributed by atoms with Gasteiger partial charge in [0.25, 0.3) is 0 Å². The Balaban J connectivity index is 1.92. The highest BCUT2D eigenvalue weighted by Crippen LogP contribution is 2.21. The molecule has 1 atom stereocenters. The van der Waals surface area contributed by atoms with Crippen molar-refractivity contribution in [3.8, 4) is 0 Å². The molecule has 1 aromatic rings. The number of aromatic nitrogens is 2. The SMILES string of the molecule is CC(C)c1nnsc1CNC(=O)[C@@H]1CCS(=O)(=O)C1. The molecule has 0 aliphatic carbocycles. The molecule has 1 saturated heterocycles. The molecule has 0 spiro atoms. The minimum atomic E-state index is -3.02. The molecular formula is C11H17N3O3S2. The van der Waals surface area contributed by atoms with Gasteiger partial charge in [-0.15, -0.1) is 5.10 Å². The Labute approximate surface area is 116 Å². The first kappa shape index (κ1) is 14.4. The van der Waals surface area contributed by atoms with E-state index in [9.17, 15) is 13.2 Å². The Morgan fingerprint density at radius 1 is 1.53 bits per heavy atom. The maximum absolute atomic E-state index is 11.9. The Bertz CT molecular complexity index is 565. The van der Waals surface area contributed by atoms with Gasteiger partial charge in [-0.25, -0.2) is 8.42 Å². The van der Waals surface area contributed by atoms with Crippen LogP contribution >= 0.6 is 11.5 Å². The molecule has 0 saturated carbocycles. The molecule has 1 aromatic heterocycles. The summed E-state index contributed by atoms with van der Waals surface area (Å²) in [5.74, 6) is -0.253. The summed E-state index contributed by atoms with van der Waals surface area (Å²) in [4.78, 5) is 12.8. The largest absolute Gasteiger partial charge is 0.351 e. The summed E-state index contributed by atoms with van der Waals surface area (Å²) in [7, 11) is -3.02. The average Bonchev–Trinajstić information content (AvgIpc) is 2.92. The van der Waals surface area contributed by atoms with Crippen LogP contribution in [0.3, 0.4) is 0 Å². The van der Waals surface area contributed by atoms with E-state index in [1.807, 2.05) is 13.8 Å². The summed E-state index contributed by atoms with van der Waals surface area (Å²) in [6, 6.07) is 0. The summed E-state index contributed by atoms with van der Waals surface area (Å²) >= 11 is 1.27. The van der Waals surface area contributed by atoms with Crippen LogP contribution in [-0.4, -0.2) is 35.4 Å². The molecule has 2 rings (SSSR count). The van der Waals surface area contributed by atoms with Gasteiger partial charge in [0.1, 0.15) is 0 Å². The molecule has 8 heteroatoms. The van der Waals surface area contributed by atoms with E-state index in [-0.39, 0.29) is 23.3 Å². The van der Waals surface area contributed by atoms with E-state index >= 15 is 0 Å². The average molecular weight is 303 g/mol. The third-order valence-corrected chi connectivity index (χ3v) is 5.66. The highest BCUT2D eigenvalue weighted by Gasteiger charge is 2.32. The van der Waals surface area contributed by atoms with Crippen molar-refractivity contribution < 1.29 is 13.2 Å². The summed E-state index contributed by atoms with van der Waals surface area (Å²) < 4.78 is 26.5. The molecule has 0 radical (unpaired) electrons. The molecule has 0 unspecified atom stereocenters. The van der Waals surface area contributed by atoms with Crippen molar-refractivity contribution in [2.45, 2.75) is 32.7 Å². The summed E-state index contributed by atoms with van der Waals surface area (Å²) in [6.07, 6.45) is 0.423. The van der Waals surface area contributed by atoms with E-state index in [0.717, 1.165) is 10.6 Å². The van der Waals surface area contributed by atoms with Crippen molar-refractivity contribution in [1.29, 1.82) is 0 Å². The number of carbonyl (C=O) groups is 1. The van der Waals surface area contributed by atoms with Crippen LogP contribution in [0, 0.1) is 5.92 Å². The highest BCUT2D eigenvalue weighted by atomic mass is 32.2. The molecule has 1 fully saturated rings. The highest BCUT2D eigenvalue weighted by molar-refractivity contribution is 7.91. The topological polar surface area (TPSA) is 89.0 Å². The fourth-order valence-corrected chi connectivity index (χ4v) is 4.57. The minimum absolute atomic E-state index is 0.0309. The number of sulfone groups is 1. The fraction of sp³-hybridized carbons (Fsp3) is 0.727. The predicted molar refractivity (Wildman–Crippen MR) is 72.6 cm³/mol. The zero-order valence-electron chi connectivity index (χ0n) is 10.9. The van der Waals surface area contributed by atoms with E-state index in [1.54, 1.807) is 0 Å². The molecule has 1 aliphatic heterocycles. The Morgan fingerprint density at radius 3 is 2.84 bits per heavy atom. The number of carbonyl (C=O) groups excluding carboxylic acids is 1. The van der Waals surface area contributed by atoms with E-state index in [4.69, 9.17) is 0 Å². The summed E-state index contributed by atoms with van der Waals surface area (Å²) in [5.41, 5.74) is 0.893. The van der Waals surface area contributed by atoms with Crippen LogP contribution in [0.5, 0.6) is 0 Å². The lowest BCUT2D eigenvalue weighted by atomic mass is 10.1. The van der Waals surface area contributed by atoms with Gasteiger partial charge < -0.3 is 5.32 Å². The van der Waals surface area contributed by atoms with Gasteiger partial charge in [-0.2, -0.15) is 0 Å². The summed E-state index contributed by atoms with van der Waals surface area (Å²) in [6.45, 7) is 4.41. The molecule has 1 N–H and O–H groups in total. The van der Waals surface area contributed by atoms with Gasteiger partial charge >= 0.3 is 0 Å². The molecule has 0 aromatic carbocycles. The van der Waals surface area contributed by atoms with Crippen LogP contribution in [0.1, 0.15) is 36.8 Å². The van der Waals surface area contributed by atoms with Crippen LogP contribution in [0.2, 0.25) is 0 Å². The van der Waals surface area contributed by atoms with Crippen molar-refractivity contribution in [2.24, 2.45) is 5.92 Å². The number of hydrogen-bond acceptors (Lipinski definition) is 6. The van der Waals surface area contributed by atoms with Crippen molar-refractivity contribution >= 4 is 27.3 Å². The molecule has 106 valence electrons. The molecule has 19 heavy (non-hydrogen) atoms. The third-order valence-electron chi connectivity index (χ3n) is 3.16. The quantitative estimate of drug-likeness (QED) is 0.885. The second-order valence-electron chi connectivity index (χ2n) is 5.05. The lowest BCUT2D eigenvalue weighted by Gasteiger charge is -2.09. The van der Waals surface area contributed by atoms with Crippen molar-refractivity contribution in [3.05, 3.63) is 10.6 Å². The molecular weight excluding hydrogens is 286 g/mol. The predicted octanol–water partition coefficient (Wildman–Crippen LogP) is 0.712. The minimum Gasteiger partial charge on any atom is -0.351 e. The van der Waals surface area contributed by atoms with Gasteiger partial charge in [0.2, 0.25) is 5.91 Å². The maximum Gasteiger partial charge on any atom is 0.224 e. The first-order valence-electron chi connectivity index (χ1n) is 6.18. The lowest BCUT2D eigenvalue weighted by Crippen LogP contribution is -2.31. The maximum atomic E-state index is 11.9. The van der Waals surface area contributed by atoms with Crippen LogP contribution in [0.25, 0.3) is 0 Å². The van der Waals surface area contributed by atoms with Crippen LogP contribution < -0.4 is 5.32 Å². The number of hydrogen-bond donors (Lipinski definition) is 1. The van der Waals surface area contributed by atoms with Crippen LogP contribution in [0.4, 0.5) is 0 Å². The number of nitrogens with zero attached hydrogens (tertiary/aromatic N) is 2. The number of nitrogens with one attached hydrogen (secondary N) is 1. The fourth-order valence-electron chi connectivity index (χ4n) is 2.09. The van der Waals surface area contributed by atoms with E-state index in [0.29, 0.717) is 13.0 Å². The Morgan fingerprint density at radius 2 is 2.26 bits per heavy atom. The van der Waals surface area contributed by atoms with Gasteiger partial charge in [-0.3, -0.25) is 4.79 Å². The smallest absolute Gasteiger partial charge is 0.224 e. The molecule has 2 heterocycles. The van der Waals surface area contributed by atoms with E-state index < -0.39 is 15.8 Å².